The Hall–Kier alpha value is -2.89. The van der Waals surface area contributed by atoms with E-state index in [1.165, 1.54) is 23.4 Å². The molecule has 0 spiro atoms. The first-order chi connectivity index (χ1) is 14.8. The average Bonchev–Trinajstić information content (AvgIpc) is 2.74. The van der Waals surface area contributed by atoms with Gasteiger partial charge in [0.15, 0.2) is 5.78 Å². The topological polar surface area (TPSA) is 55.8 Å². The van der Waals surface area contributed by atoms with Gasteiger partial charge in [-0.25, -0.2) is 0 Å². The third-order valence-electron chi connectivity index (χ3n) is 5.44. The molecule has 3 aromatic carbocycles. The number of Topliss-reactive ketones (excluding diaryl/α,β-unsaturated/α-hetero) is 1. The molecule has 0 aliphatic heterocycles. The Kier molecular flexibility index (Phi) is 6.98. The van der Waals surface area contributed by atoms with Crippen LogP contribution in [0.25, 0.3) is 0 Å². The van der Waals surface area contributed by atoms with Crippen LogP contribution in [0, 0.1) is 0 Å². The minimum absolute atomic E-state index is 0.0714. The van der Waals surface area contributed by atoms with Crippen LogP contribution in [0.3, 0.4) is 0 Å². The maximum Gasteiger partial charge on any atom is 0.261 e. The second kappa shape index (κ2) is 9.50. The molecule has 0 aromatic heterocycles. The van der Waals surface area contributed by atoms with Crippen molar-refractivity contribution in [1.29, 1.82) is 0 Å². The molecule has 3 rings (SSSR count). The molecule has 0 saturated carbocycles. The average molecular weight is 435 g/mol. The van der Waals surface area contributed by atoms with E-state index in [0.717, 1.165) is 0 Å². The van der Waals surface area contributed by atoms with Crippen molar-refractivity contribution in [2.45, 2.75) is 32.7 Å². The molecule has 0 unspecified atom stereocenters. The zero-order valence-corrected chi connectivity index (χ0v) is 19.6. The molecule has 0 radical (unpaired) electrons. The molecule has 3 aromatic rings. The molecule has 1 N–H and O–H groups in total. The van der Waals surface area contributed by atoms with Gasteiger partial charge < -0.3 is 14.3 Å². The highest BCUT2D eigenvalue weighted by atomic mass is 28.4. The van der Waals surface area contributed by atoms with Crippen LogP contribution in [0.1, 0.15) is 38.1 Å². The molecule has 0 bridgehead atoms. The van der Waals surface area contributed by atoms with Crippen LogP contribution in [0.15, 0.2) is 78.9 Å². The summed E-state index contributed by atoms with van der Waals surface area (Å²) in [5.74, 6) is 0.255. The SMILES string of the molecule is CC(=O)c1ccc(OCCO[Si](c2ccccc2)(c2ccccc2)C(C)(C)C)cc1O. The van der Waals surface area contributed by atoms with Gasteiger partial charge in [-0.05, 0) is 34.5 Å². The lowest BCUT2D eigenvalue weighted by Crippen LogP contribution is -2.66. The number of hydrogen-bond donors (Lipinski definition) is 1. The Balaban J connectivity index is 1.83. The summed E-state index contributed by atoms with van der Waals surface area (Å²) in [7, 11) is -2.60. The number of phenols is 1. The highest BCUT2D eigenvalue weighted by Crippen LogP contribution is 2.36. The van der Waals surface area contributed by atoms with Crippen LogP contribution >= 0.6 is 0 Å². The van der Waals surface area contributed by atoms with Crippen molar-refractivity contribution >= 4 is 24.5 Å². The van der Waals surface area contributed by atoms with Crippen LogP contribution in [0.4, 0.5) is 0 Å². The fourth-order valence-corrected chi connectivity index (χ4v) is 8.56. The molecule has 4 nitrogen and oxygen atoms in total. The van der Waals surface area contributed by atoms with E-state index in [1.807, 2.05) is 12.1 Å². The summed E-state index contributed by atoms with van der Waals surface area (Å²) in [6, 6.07) is 25.7. The standard InChI is InChI=1S/C26H30O4Si/c1-20(27)24-16-15-21(19-25(24)28)29-17-18-30-31(26(2,3)4,22-11-7-5-8-12-22)23-13-9-6-10-14-23/h5-16,19,28H,17-18H2,1-4H3. The quantitative estimate of drug-likeness (QED) is 0.321. The third-order valence-corrected chi connectivity index (χ3v) is 10.5. The summed E-state index contributed by atoms with van der Waals surface area (Å²) in [5, 5.41) is 12.4. The van der Waals surface area contributed by atoms with Crippen LogP contribution in [-0.2, 0) is 4.43 Å². The van der Waals surface area contributed by atoms with Gasteiger partial charge in [-0.15, -0.1) is 0 Å². The van der Waals surface area contributed by atoms with Crippen molar-refractivity contribution in [2.75, 3.05) is 13.2 Å². The summed E-state index contributed by atoms with van der Waals surface area (Å²) in [5.41, 5.74) is 0.288. The number of hydrogen-bond acceptors (Lipinski definition) is 4. The number of benzene rings is 3. The lowest BCUT2D eigenvalue weighted by molar-refractivity contribution is 0.101. The number of ketones is 1. The van der Waals surface area contributed by atoms with Crippen LogP contribution < -0.4 is 15.1 Å². The highest BCUT2D eigenvalue weighted by molar-refractivity contribution is 6.99. The molecule has 0 aliphatic rings. The van der Waals surface area contributed by atoms with Gasteiger partial charge in [0.05, 0.1) is 12.2 Å². The monoisotopic (exact) mass is 434 g/mol. The maximum atomic E-state index is 11.5. The molecular weight excluding hydrogens is 404 g/mol. The molecule has 31 heavy (non-hydrogen) atoms. The normalized spacial score (nSPS) is 11.9. The molecule has 0 heterocycles. The lowest BCUT2D eigenvalue weighted by atomic mass is 10.1. The second-order valence-electron chi connectivity index (χ2n) is 8.60. The molecule has 0 fully saturated rings. The summed E-state index contributed by atoms with van der Waals surface area (Å²) in [6.45, 7) is 8.87. The third kappa shape index (κ3) is 4.89. The minimum atomic E-state index is -2.60. The highest BCUT2D eigenvalue weighted by Gasteiger charge is 2.50. The predicted octanol–water partition coefficient (Wildman–Crippen LogP) is 4.55. The zero-order valence-electron chi connectivity index (χ0n) is 18.6. The van der Waals surface area contributed by atoms with E-state index in [0.29, 0.717) is 19.0 Å². The first-order valence-electron chi connectivity index (χ1n) is 10.5. The van der Waals surface area contributed by atoms with Gasteiger partial charge in [0.25, 0.3) is 8.32 Å². The van der Waals surface area contributed by atoms with Crippen molar-refractivity contribution in [3.05, 3.63) is 84.4 Å². The van der Waals surface area contributed by atoms with Gasteiger partial charge >= 0.3 is 0 Å². The van der Waals surface area contributed by atoms with Gasteiger partial charge in [0, 0.05) is 6.07 Å². The Morgan fingerprint density at radius 2 is 1.42 bits per heavy atom. The largest absolute Gasteiger partial charge is 0.507 e. The van der Waals surface area contributed by atoms with E-state index in [9.17, 15) is 9.90 Å². The molecule has 0 saturated heterocycles. The summed E-state index contributed by atoms with van der Waals surface area (Å²) in [6.07, 6.45) is 0. The Morgan fingerprint density at radius 1 is 0.871 bits per heavy atom. The molecule has 5 heteroatoms. The first-order valence-corrected chi connectivity index (χ1v) is 12.4. The van der Waals surface area contributed by atoms with Gasteiger partial charge in [0.2, 0.25) is 0 Å². The van der Waals surface area contributed by atoms with E-state index >= 15 is 0 Å². The van der Waals surface area contributed by atoms with E-state index in [2.05, 4.69) is 69.3 Å². The van der Waals surface area contributed by atoms with E-state index in [1.54, 1.807) is 12.1 Å². The second-order valence-corrected chi connectivity index (χ2v) is 12.9. The van der Waals surface area contributed by atoms with Gasteiger partial charge in [0.1, 0.15) is 18.1 Å². The predicted molar refractivity (Wildman–Crippen MR) is 127 cm³/mol. The number of carbonyl (C=O) groups excluding carboxylic acids is 1. The maximum absolute atomic E-state index is 11.5. The van der Waals surface area contributed by atoms with Crippen LogP contribution in [-0.4, -0.2) is 32.4 Å². The number of ether oxygens (including phenoxy) is 1. The summed E-state index contributed by atoms with van der Waals surface area (Å²) >= 11 is 0. The lowest BCUT2D eigenvalue weighted by Gasteiger charge is -2.43. The molecule has 0 amide bonds. The molecule has 0 aliphatic carbocycles. The van der Waals surface area contributed by atoms with E-state index < -0.39 is 8.32 Å². The van der Waals surface area contributed by atoms with Crippen molar-refractivity contribution in [2.24, 2.45) is 0 Å². The Morgan fingerprint density at radius 3 is 1.87 bits per heavy atom. The molecule has 162 valence electrons. The number of rotatable bonds is 8. The molecular formula is C26H30O4Si. The van der Waals surface area contributed by atoms with E-state index in [-0.39, 0.29) is 22.1 Å². The fraction of sp³-hybridized carbons (Fsp3) is 0.269. The number of phenolic OH excluding ortho intramolecular Hbond substituents is 1. The summed E-state index contributed by atoms with van der Waals surface area (Å²) in [4.78, 5) is 11.5. The van der Waals surface area contributed by atoms with Crippen LogP contribution in [0.2, 0.25) is 5.04 Å². The Labute approximate surface area is 185 Å². The summed E-state index contributed by atoms with van der Waals surface area (Å²) < 4.78 is 12.6. The zero-order chi connectivity index (χ0) is 22.5. The van der Waals surface area contributed by atoms with Crippen LogP contribution in [0.5, 0.6) is 11.5 Å². The smallest absolute Gasteiger partial charge is 0.261 e. The number of carbonyl (C=O) groups is 1. The van der Waals surface area contributed by atoms with Crippen molar-refractivity contribution in [3.63, 3.8) is 0 Å². The molecule has 0 atom stereocenters. The van der Waals surface area contributed by atoms with Gasteiger partial charge in [-0.2, -0.15) is 0 Å². The van der Waals surface area contributed by atoms with Gasteiger partial charge in [-0.1, -0.05) is 81.4 Å². The van der Waals surface area contributed by atoms with E-state index in [4.69, 9.17) is 9.16 Å². The van der Waals surface area contributed by atoms with Gasteiger partial charge in [-0.3, -0.25) is 4.79 Å². The fourth-order valence-electron chi connectivity index (χ4n) is 4.01. The minimum Gasteiger partial charge on any atom is -0.507 e. The van der Waals surface area contributed by atoms with Crippen molar-refractivity contribution in [1.82, 2.24) is 0 Å². The first kappa shape index (κ1) is 22.8. The van der Waals surface area contributed by atoms with Crippen molar-refractivity contribution < 1.29 is 19.1 Å². The van der Waals surface area contributed by atoms with Crippen molar-refractivity contribution in [3.8, 4) is 11.5 Å². The number of aromatic hydroxyl groups is 1. The Bertz CT molecular complexity index is 971.